The third-order valence-electron chi connectivity index (χ3n) is 5.29. The standard InChI is InChI=1S/C20H25F3N4O3S/c1-24-11-17(29)25-12-19(7-3-2-4-8-19)10-16(28)27-18-26-14-6-5-13(9-15(14)31-18)30-20(21,22)23/h5-6,9,24H,2-4,7-8,10-12H2,1H3,(H,25,29)(H,26,27,28). The lowest BCUT2D eigenvalue weighted by Gasteiger charge is -2.37. The Bertz CT molecular complexity index is 926. The average molecular weight is 459 g/mol. The second-order valence-electron chi connectivity index (χ2n) is 7.79. The largest absolute Gasteiger partial charge is 0.573 e. The zero-order valence-electron chi connectivity index (χ0n) is 17.1. The normalized spacial score (nSPS) is 16.1. The van der Waals surface area contributed by atoms with Crippen LogP contribution in [-0.2, 0) is 9.59 Å². The van der Waals surface area contributed by atoms with Crippen LogP contribution in [0.4, 0.5) is 18.3 Å². The van der Waals surface area contributed by atoms with Gasteiger partial charge >= 0.3 is 6.36 Å². The van der Waals surface area contributed by atoms with Gasteiger partial charge in [0.15, 0.2) is 5.13 Å². The number of benzene rings is 1. The first kappa shape index (κ1) is 23.3. The maximum Gasteiger partial charge on any atom is 0.573 e. The van der Waals surface area contributed by atoms with Crippen LogP contribution >= 0.6 is 11.3 Å². The van der Waals surface area contributed by atoms with Gasteiger partial charge in [0.25, 0.3) is 0 Å². The molecule has 1 aromatic heterocycles. The van der Waals surface area contributed by atoms with Gasteiger partial charge in [-0.05, 0) is 37.4 Å². The number of halogens is 3. The van der Waals surface area contributed by atoms with Gasteiger partial charge in [0.2, 0.25) is 11.8 Å². The molecule has 170 valence electrons. The van der Waals surface area contributed by atoms with Gasteiger partial charge in [-0.2, -0.15) is 0 Å². The molecule has 31 heavy (non-hydrogen) atoms. The van der Waals surface area contributed by atoms with Gasteiger partial charge in [-0.3, -0.25) is 9.59 Å². The fraction of sp³-hybridized carbons (Fsp3) is 0.550. The van der Waals surface area contributed by atoms with E-state index >= 15 is 0 Å². The summed E-state index contributed by atoms with van der Waals surface area (Å²) in [7, 11) is 1.69. The number of nitrogens with one attached hydrogen (secondary N) is 3. The highest BCUT2D eigenvalue weighted by Gasteiger charge is 2.35. The molecule has 1 aromatic carbocycles. The summed E-state index contributed by atoms with van der Waals surface area (Å²) < 4.78 is 41.6. The first-order valence-corrected chi connectivity index (χ1v) is 10.9. The Balaban J connectivity index is 1.66. The number of hydrogen-bond donors (Lipinski definition) is 3. The van der Waals surface area contributed by atoms with Gasteiger partial charge in [0.1, 0.15) is 5.75 Å². The molecule has 0 radical (unpaired) electrons. The number of likely N-dealkylation sites (N-methyl/N-ethyl adjacent to an activating group) is 1. The van der Waals surface area contributed by atoms with Crippen molar-refractivity contribution in [3.63, 3.8) is 0 Å². The van der Waals surface area contributed by atoms with Gasteiger partial charge in [-0.15, -0.1) is 13.2 Å². The summed E-state index contributed by atoms with van der Waals surface area (Å²) in [6.45, 7) is 0.646. The molecule has 0 aliphatic heterocycles. The van der Waals surface area contributed by atoms with Crippen molar-refractivity contribution in [1.29, 1.82) is 0 Å². The maximum atomic E-state index is 12.7. The van der Waals surface area contributed by atoms with Crippen LogP contribution in [-0.4, -0.2) is 43.3 Å². The summed E-state index contributed by atoms with van der Waals surface area (Å²) >= 11 is 1.08. The molecule has 0 atom stereocenters. The van der Waals surface area contributed by atoms with E-state index in [2.05, 4.69) is 25.7 Å². The number of aromatic nitrogens is 1. The monoisotopic (exact) mass is 458 g/mol. The number of rotatable bonds is 8. The van der Waals surface area contributed by atoms with E-state index in [0.29, 0.717) is 21.9 Å². The van der Waals surface area contributed by atoms with Crippen molar-refractivity contribution in [2.75, 3.05) is 25.5 Å². The number of carbonyl (C=O) groups excluding carboxylic acids is 2. The van der Waals surface area contributed by atoms with Crippen LogP contribution in [0.2, 0.25) is 0 Å². The highest BCUT2D eigenvalue weighted by atomic mass is 32.1. The topological polar surface area (TPSA) is 92.4 Å². The Morgan fingerprint density at radius 1 is 1.19 bits per heavy atom. The molecule has 7 nitrogen and oxygen atoms in total. The van der Waals surface area contributed by atoms with Crippen molar-refractivity contribution in [1.82, 2.24) is 15.6 Å². The van der Waals surface area contributed by atoms with Crippen molar-refractivity contribution < 1.29 is 27.5 Å². The van der Waals surface area contributed by atoms with Crippen molar-refractivity contribution >= 4 is 38.5 Å². The molecule has 1 fully saturated rings. The number of amides is 2. The number of fused-ring (bicyclic) bond motifs is 1. The van der Waals surface area contributed by atoms with Gasteiger partial charge < -0.3 is 20.7 Å². The third-order valence-corrected chi connectivity index (χ3v) is 6.22. The molecule has 0 saturated heterocycles. The molecule has 1 heterocycles. The van der Waals surface area contributed by atoms with Crippen molar-refractivity contribution in [3.05, 3.63) is 18.2 Å². The van der Waals surface area contributed by atoms with Gasteiger partial charge in [-0.1, -0.05) is 30.6 Å². The van der Waals surface area contributed by atoms with Gasteiger partial charge in [0.05, 0.1) is 16.8 Å². The summed E-state index contributed by atoms with van der Waals surface area (Å²) in [5.41, 5.74) is 0.164. The van der Waals surface area contributed by atoms with E-state index in [9.17, 15) is 22.8 Å². The SMILES string of the molecule is CNCC(=O)NCC1(CC(=O)Nc2nc3ccc(OC(F)(F)F)cc3s2)CCCCC1. The van der Waals surface area contributed by atoms with Crippen LogP contribution in [0, 0.1) is 5.41 Å². The lowest BCUT2D eigenvalue weighted by atomic mass is 9.71. The third kappa shape index (κ3) is 6.79. The van der Waals surface area contributed by atoms with E-state index in [0.717, 1.165) is 43.4 Å². The van der Waals surface area contributed by atoms with Gasteiger partial charge in [0, 0.05) is 19.0 Å². The summed E-state index contributed by atoms with van der Waals surface area (Å²) in [6.07, 6.45) is 0.263. The van der Waals surface area contributed by atoms with E-state index < -0.39 is 6.36 Å². The zero-order valence-corrected chi connectivity index (χ0v) is 17.9. The highest BCUT2D eigenvalue weighted by Crippen LogP contribution is 2.39. The molecule has 2 amide bonds. The molecule has 1 aliphatic carbocycles. The summed E-state index contributed by atoms with van der Waals surface area (Å²) in [6, 6.07) is 3.85. The molecule has 3 N–H and O–H groups in total. The molecule has 0 unspecified atom stereocenters. The number of carbonyl (C=O) groups is 2. The predicted octanol–water partition coefficient (Wildman–Crippen LogP) is 3.81. The minimum atomic E-state index is -4.77. The molecule has 11 heteroatoms. The summed E-state index contributed by atoms with van der Waals surface area (Å²) in [5.74, 6) is -0.675. The van der Waals surface area contributed by atoms with Crippen LogP contribution in [0.25, 0.3) is 10.2 Å². The minimum Gasteiger partial charge on any atom is -0.406 e. The fourth-order valence-corrected chi connectivity index (χ4v) is 4.80. The van der Waals surface area contributed by atoms with Crippen molar-refractivity contribution in [2.24, 2.45) is 5.41 Å². The van der Waals surface area contributed by atoms with E-state index in [-0.39, 0.29) is 35.9 Å². The second-order valence-corrected chi connectivity index (χ2v) is 8.82. The molecule has 0 spiro atoms. The van der Waals surface area contributed by atoms with Crippen LogP contribution < -0.4 is 20.7 Å². The number of nitrogens with zero attached hydrogens (tertiary/aromatic N) is 1. The van der Waals surface area contributed by atoms with E-state index in [1.165, 1.54) is 18.2 Å². The maximum absolute atomic E-state index is 12.7. The lowest BCUT2D eigenvalue weighted by molar-refractivity contribution is -0.274. The zero-order chi connectivity index (χ0) is 22.5. The Morgan fingerprint density at radius 3 is 2.61 bits per heavy atom. The molecule has 2 aromatic rings. The minimum absolute atomic E-state index is 0.115. The van der Waals surface area contributed by atoms with E-state index in [4.69, 9.17) is 0 Å². The number of alkyl halides is 3. The van der Waals surface area contributed by atoms with Gasteiger partial charge in [-0.25, -0.2) is 4.98 Å². The smallest absolute Gasteiger partial charge is 0.406 e. The van der Waals surface area contributed by atoms with Crippen LogP contribution in [0.15, 0.2) is 18.2 Å². The highest BCUT2D eigenvalue weighted by molar-refractivity contribution is 7.22. The lowest BCUT2D eigenvalue weighted by Crippen LogP contribution is -2.43. The first-order valence-electron chi connectivity index (χ1n) is 10.1. The fourth-order valence-electron chi connectivity index (χ4n) is 3.89. The Morgan fingerprint density at radius 2 is 1.94 bits per heavy atom. The Hall–Kier alpha value is -2.40. The second kappa shape index (κ2) is 9.82. The Kier molecular flexibility index (Phi) is 7.37. The summed E-state index contributed by atoms with van der Waals surface area (Å²) in [5, 5.41) is 8.79. The molecule has 3 rings (SSSR count). The number of anilines is 1. The molecule has 1 saturated carbocycles. The number of hydrogen-bond acceptors (Lipinski definition) is 6. The van der Waals surface area contributed by atoms with Crippen LogP contribution in [0.5, 0.6) is 5.75 Å². The van der Waals surface area contributed by atoms with E-state index in [1.807, 2.05) is 0 Å². The number of ether oxygens (including phenoxy) is 1. The number of thiazole rings is 1. The van der Waals surface area contributed by atoms with E-state index in [1.54, 1.807) is 7.05 Å². The van der Waals surface area contributed by atoms with Crippen LogP contribution in [0.1, 0.15) is 38.5 Å². The van der Waals surface area contributed by atoms with Crippen molar-refractivity contribution in [3.8, 4) is 5.75 Å². The predicted molar refractivity (Wildman–Crippen MR) is 112 cm³/mol. The average Bonchev–Trinajstić information content (AvgIpc) is 3.07. The molecular weight excluding hydrogens is 433 g/mol. The first-order chi connectivity index (χ1) is 14.7. The quantitative estimate of drug-likeness (QED) is 0.560. The van der Waals surface area contributed by atoms with Crippen molar-refractivity contribution in [2.45, 2.75) is 44.9 Å². The molecular formula is C20H25F3N4O3S. The Labute approximate surface area is 181 Å². The molecule has 0 bridgehead atoms. The van der Waals surface area contributed by atoms with Crippen LogP contribution in [0.3, 0.4) is 0 Å². The summed E-state index contributed by atoms with van der Waals surface area (Å²) in [4.78, 5) is 28.9. The molecule has 1 aliphatic rings.